The van der Waals surface area contributed by atoms with Crippen LogP contribution >= 0.6 is 12.2 Å². The molecule has 0 amide bonds. The number of carbonyl (C=O) groups is 1. The average molecular weight is 218 g/mol. The van der Waals surface area contributed by atoms with Crippen molar-refractivity contribution in [3.63, 3.8) is 0 Å². The summed E-state index contributed by atoms with van der Waals surface area (Å²) in [7, 11) is 0. The highest BCUT2D eigenvalue weighted by atomic mass is 32.1. The number of hydrazone groups is 1. The van der Waals surface area contributed by atoms with E-state index in [1.807, 2.05) is 0 Å². The molecule has 7 heteroatoms. The first-order chi connectivity index (χ1) is 6.60. The van der Waals surface area contributed by atoms with Crippen LogP contribution in [0.3, 0.4) is 0 Å². The van der Waals surface area contributed by atoms with Gasteiger partial charge in [0.1, 0.15) is 0 Å². The second-order valence-corrected chi connectivity index (χ2v) is 2.82. The summed E-state index contributed by atoms with van der Waals surface area (Å²) in [5, 5.41) is 3.99. The van der Waals surface area contributed by atoms with Crippen molar-refractivity contribution in [2.24, 2.45) is 10.9 Å². The fourth-order valence-corrected chi connectivity index (χ4v) is 0.685. The Morgan fingerprint density at radius 3 is 2.79 bits per heavy atom. The molecule has 0 saturated heterocycles. The van der Waals surface area contributed by atoms with E-state index in [1.54, 1.807) is 13.8 Å². The molecule has 0 spiro atoms. The summed E-state index contributed by atoms with van der Waals surface area (Å²) in [5.41, 5.74) is 5.22. The number of ether oxygens (including phenoxy) is 1. The summed E-state index contributed by atoms with van der Waals surface area (Å²) >= 11 is 4.67. The Balaban J connectivity index is 3.88. The molecule has 0 radical (unpaired) electrons. The van der Waals surface area contributed by atoms with Crippen molar-refractivity contribution in [3.05, 3.63) is 0 Å². The zero-order valence-electron chi connectivity index (χ0n) is 8.16. The van der Waals surface area contributed by atoms with Gasteiger partial charge in [0, 0.05) is 5.71 Å². The van der Waals surface area contributed by atoms with Gasteiger partial charge in [-0.15, -0.1) is 0 Å². The average Bonchev–Trinajstić information content (AvgIpc) is 2.14. The molecule has 0 aromatic heterocycles. The third-order valence-electron chi connectivity index (χ3n) is 1.18. The smallest absolute Gasteiger partial charge is 0.311 e. The molecule has 0 aliphatic carbocycles. The van der Waals surface area contributed by atoms with Gasteiger partial charge < -0.3 is 4.74 Å². The molecule has 0 aliphatic heterocycles. The molecule has 4 N–H and O–H groups in total. The third kappa shape index (κ3) is 6.32. The number of nitrogens with zero attached hydrogens (tertiary/aromatic N) is 1. The van der Waals surface area contributed by atoms with E-state index in [9.17, 15) is 4.79 Å². The highest BCUT2D eigenvalue weighted by Gasteiger charge is 2.03. The maximum Gasteiger partial charge on any atom is 0.311 e. The Hall–Kier alpha value is -1.21. The van der Waals surface area contributed by atoms with Crippen molar-refractivity contribution in [1.29, 1.82) is 0 Å². The SMILES string of the molecule is CCOC(=O)C/C(C)=N\NC(=S)NN. The molecule has 0 bridgehead atoms. The zero-order chi connectivity index (χ0) is 11.0. The highest BCUT2D eigenvalue weighted by molar-refractivity contribution is 7.80. The van der Waals surface area contributed by atoms with E-state index in [1.165, 1.54) is 0 Å². The van der Waals surface area contributed by atoms with Gasteiger partial charge in [0.25, 0.3) is 0 Å². The summed E-state index contributed by atoms with van der Waals surface area (Å²) in [6.45, 7) is 3.79. The Morgan fingerprint density at radius 1 is 1.64 bits per heavy atom. The molecular formula is C7H14N4O2S. The van der Waals surface area contributed by atoms with Crippen LogP contribution in [0.15, 0.2) is 5.10 Å². The Kier molecular flexibility index (Phi) is 6.59. The quantitative estimate of drug-likeness (QED) is 0.196. The largest absolute Gasteiger partial charge is 0.466 e. The zero-order valence-corrected chi connectivity index (χ0v) is 8.98. The molecule has 0 unspecified atom stereocenters. The first kappa shape index (κ1) is 12.8. The van der Waals surface area contributed by atoms with Crippen molar-refractivity contribution in [1.82, 2.24) is 10.9 Å². The van der Waals surface area contributed by atoms with E-state index < -0.39 is 0 Å². The summed E-state index contributed by atoms with van der Waals surface area (Å²) in [4.78, 5) is 11.0. The van der Waals surface area contributed by atoms with Gasteiger partial charge in [0.15, 0.2) is 0 Å². The second kappa shape index (κ2) is 7.22. The molecule has 0 aromatic rings. The lowest BCUT2D eigenvalue weighted by Gasteiger charge is -2.03. The number of rotatable bonds is 4. The van der Waals surface area contributed by atoms with Crippen molar-refractivity contribution in [2.75, 3.05) is 6.61 Å². The summed E-state index contributed by atoms with van der Waals surface area (Å²) in [6.07, 6.45) is 0.133. The monoisotopic (exact) mass is 218 g/mol. The highest BCUT2D eigenvalue weighted by Crippen LogP contribution is 1.89. The molecule has 0 aromatic carbocycles. The second-order valence-electron chi connectivity index (χ2n) is 2.41. The lowest BCUT2D eigenvalue weighted by Crippen LogP contribution is -2.37. The minimum Gasteiger partial charge on any atom is -0.466 e. The van der Waals surface area contributed by atoms with Gasteiger partial charge in [-0.05, 0) is 26.1 Å². The van der Waals surface area contributed by atoms with Crippen LogP contribution in [0.2, 0.25) is 0 Å². The summed E-state index contributed by atoms with van der Waals surface area (Å²) < 4.78 is 4.72. The van der Waals surface area contributed by atoms with E-state index in [4.69, 9.17) is 10.6 Å². The summed E-state index contributed by atoms with van der Waals surface area (Å²) in [6, 6.07) is 0. The predicted octanol–water partition coefficient (Wildman–Crippen LogP) is -0.347. The van der Waals surface area contributed by atoms with Gasteiger partial charge in [0.2, 0.25) is 5.11 Å². The topological polar surface area (TPSA) is 88.7 Å². The fourth-order valence-electron chi connectivity index (χ4n) is 0.639. The molecule has 0 saturated carbocycles. The van der Waals surface area contributed by atoms with Crippen molar-refractivity contribution < 1.29 is 9.53 Å². The van der Waals surface area contributed by atoms with Crippen LogP contribution in [0.1, 0.15) is 20.3 Å². The Labute approximate surface area is 87.8 Å². The number of nitrogens with one attached hydrogen (secondary N) is 2. The minimum absolute atomic E-state index is 0.133. The van der Waals surface area contributed by atoms with Crippen molar-refractivity contribution in [3.8, 4) is 0 Å². The first-order valence-corrected chi connectivity index (χ1v) is 4.46. The van der Waals surface area contributed by atoms with Gasteiger partial charge in [-0.2, -0.15) is 5.10 Å². The number of thiocarbonyl (C=S) groups is 1. The van der Waals surface area contributed by atoms with E-state index >= 15 is 0 Å². The van der Waals surface area contributed by atoms with Crippen molar-refractivity contribution in [2.45, 2.75) is 20.3 Å². The van der Waals surface area contributed by atoms with Crippen LogP contribution in [0.25, 0.3) is 0 Å². The van der Waals surface area contributed by atoms with E-state index in [-0.39, 0.29) is 17.5 Å². The van der Waals surface area contributed by atoms with Crippen LogP contribution in [0.5, 0.6) is 0 Å². The number of hydrogen-bond donors (Lipinski definition) is 3. The van der Waals surface area contributed by atoms with Gasteiger partial charge in [0.05, 0.1) is 13.0 Å². The van der Waals surface area contributed by atoms with Gasteiger partial charge in [-0.1, -0.05) is 0 Å². The lowest BCUT2D eigenvalue weighted by molar-refractivity contribution is -0.141. The third-order valence-corrected chi connectivity index (χ3v) is 1.39. The molecule has 0 aliphatic rings. The van der Waals surface area contributed by atoms with Crippen LogP contribution in [-0.4, -0.2) is 23.4 Å². The van der Waals surface area contributed by atoms with Crippen molar-refractivity contribution >= 4 is 29.0 Å². The molecule has 80 valence electrons. The molecule has 0 heterocycles. The maximum absolute atomic E-state index is 11.0. The Morgan fingerprint density at radius 2 is 2.29 bits per heavy atom. The van der Waals surface area contributed by atoms with Crippen LogP contribution in [-0.2, 0) is 9.53 Å². The molecule has 0 rings (SSSR count). The fraction of sp³-hybridized carbons (Fsp3) is 0.571. The van der Waals surface area contributed by atoms with Gasteiger partial charge in [-0.25, -0.2) is 5.84 Å². The van der Waals surface area contributed by atoms with E-state index in [2.05, 4.69) is 28.2 Å². The molecule has 6 nitrogen and oxygen atoms in total. The molecule has 14 heavy (non-hydrogen) atoms. The van der Waals surface area contributed by atoms with Crippen LogP contribution in [0, 0.1) is 0 Å². The normalized spacial score (nSPS) is 10.6. The maximum atomic E-state index is 11.0. The minimum atomic E-state index is -0.317. The van der Waals surface area contributed by atoms with Crippen LogP contribution in [0.4, 0.5) is 0 Å². The predicted molar refractivity (Wildman–Crippen MR) is 57.4 cm³/mol. The van der Waals surface area contributed by atoms with Crippen LogP contribution < -0.4 is 16.7 Å². The van der Waals surface area contributed by atoms with Gasteiger partial charge in [-0.3, -0.25) is 15.6 Å². The van der Waals surface area contributed by atoms with E-state index in [0.717, 1.165) is 0 Å². The first-order valence-electron chi connectivity index (χ1n) is 4.05. The number of esters is 1. The molecular weight excluding hydrogens is 204 g/mol. The number of hydrogen-bond acceptors (Lipinski definition) is 5. The Bertz CT molecular complexity index is 242. The van der Waals surface area contributed by atoms with Gasteiger partial charge >= 0.3 is 5.97 Å². The van der Waals surface area contributed by atoms with E-state index in [0.29, 0.717) is 12.3 Å². The standard InChI is InChI=1S/C7H14N4O2S/c1-3-13-6(12)4-5(2)10-11-7(14)9-8/h3-4,8H2,1-2H3,(H2,9,11,14)/b10-5-. The summed E-state index contributed by atoms with van der Waals surface area (Å²) in [5.74, 6) is 4.68. The number of carbonyl (C=O) groups excluding carboxylic acids is 1. The number of hydrazine groups is 1. The number of nitrogens with two attached hydrogens (primary N) is 1. The molecule has 0 atom stereocenters. The lowest BCUT2D eigenvalue weighted by atomic mass is 10.3. The molecule has 0 fully saturated rings.